The Labute approximate surface area is 153 Å². The molecule has 0 amide bonds. The summed E-state index contributed by atoms with van der Waals surface area (Å²) in [6.45, 7) is 0. The van der Waals surface area contributed by atoms with E-state index in [2.05, 4.69) is 9.97 Å². The van der Waals surface area contributed by atoms with Gasteiger partial charge in [-0.15, -0.1) is 0 Å². The summed E-state index contributed by atoms with van der Waals surface area (Å²) in [5, 5.41) is 0. The summed E-state index contributed by atoms with van der Waals surface area (Å²) in [4.78, 5) is 9.24. The summed E-state index contributed by atoms with van der Waals surface area (Å²) in [7, 11) is 12.5. The lowest BCUT2D eigenvalue weighted by Crippen LogP contribution is -1.90. The van der Waals surface area contributed by atoms with E-state index in [9.17, 15) is 0 Å². The standard InChI is InChI=1S/C20H12B2N4/c21-25-17-5-6-19(25)11-15-3-4-16(24-15)12-20-8-7-18(26(20)22)10-14-2-1-13(9-17)23-14/h1-12H. The van der Waals surface area contributed by atoms with Crippen molar-refractivity contribution in [3.8, 4) is 0 Å². The quantitative estimate of drug-likeness (QED) is 0.408. The number of hydrogen-bond donors (Lipinski definition) is 0. The molecule has 0 saturated heterocycles. The lowest BCUT2D eigenvalue weighted by Gasteiger charge is -1.97. The Morgan fingerprint density at radius 1 is 0.500 bits per heavy atom. The second-order valence-corrected chi connectivity index (χ2v) is 6.27. The van der Waals surface area contributed by atoms with Crippen molar-refractivity contribution in [1.29, 1.82) is 0 Å². The van der Waals surface area contributed by atoms with Crippen molar-refractivity contribution < 1.29 is 0 Å². The van der Waals surface area contributed by atoms with Gasteiger partial charge in [-0.2, -0.15) is 0 Å². The third-order valence-corrected chi connectivity index (χ3v) is 4.51. The minimum absolute atomic E-state index is 0.843. The molecule has 26 heavy (non-hydrogen) atoms. The molecule has 3 aromatic heterocycles. The summed E-state index contributed by atoms with van der Waals surface area (Å²) in [5.74, 6) is 0. The van der Waals surface area contributed by atoms with E-state index in [-0.39, 0.29) is 0 Å². The van der Waals surface area contributed by atoms with E-state index >= 15 is 0 Å². The van der Waals surface area contributed by atoms with Crippen LogP contribution in [0.2, 0.25) is 0 Å². The Hall–Kier alpha value is -3.27. The molecule has 3 aromatic rings. The molecule has 0 saturated carbocycles. The summed E-state index contributed by atoms with van der Waals surface area (Å²) in [6.07, 6.45) is 7.84. The molecular formula is C20H12B2N4. The molecular weight excluding hydrogens is 318 g/mol. The zero-order valence-electron chi connectivity index (χ0n) is 13.9. The number of nitrogens with zero attached hydrogens (tertiary/aromatic N) is 4. The largest absolute Gasteiger partial charge is 0.398 e. The predicted molar refractivity (Wildman–Crippen MR) is 108 cm³/mol. The van der Waals surface area contributed by atoms with Crippen molar-refractivity contribution in [3.05, 3.63) is 71.3 Å². The van der Waals surface area contributed by atoms with Crippen molar-refractivity contribution in [3.63, 3.8) is 0 Å². The van der Waals surface area contributed by atoms with Crippen LogP contribution < -0.4 is 0 Å². The highest BCUT2D eigenvalue weighted by molar-refractivity contribution is 6.13. The SMILES string of the molecule is [B]n1c2ccc1cc1nc(cc3ccc(cc4nc(c2)C=C4)n3[B])C=C1. The molecule has 0 atom stereocenters. The first-order chi connectivity index (χ1) is 12.7. The van der Waals surface area contributed by atoms with Gasteiger partial charge in [0, 0.05) is 22.1 Å². The third kappa shape index (κ3) is 2.51. The first-order valence-electron chi connectivity index (χ1n) is 8.26. The minimum atomic E-state index is 0.843. The van der Waals surface area contributed by atoms with Crippen LogP contribution in [0.25, 0.3) is 46.4 Å². The second-order valence-electron chi connectivity index (χ2n) is 6.27. The molecule has 5 rings (SSSR count). The van der Waals surface area contributed by atoms with E-state index in [1.165, 1.54) is 0 Å². The summed E-state index contributed by atoms with van der Waals surface area (Å²) < 4.78 is 3.27. The maximum Gasteiger partial charge on any atom is 0.234 e. The van der Waals surface area contributed by atoms with Crippen molar-refractivity contribution in [2.45, 2.75) is 0 Å². The first kappa shape index (κ1) is 15.0. The van der Waals surface area contributed by atoms with Crippen LogP contribution in [-0.2, 0) is 0 Å². The van der Waals surface area contributed by atoms with Gasteiger partial charge in [-0.3, -0.25) is 0 Å². The fraction of sp³-hybridized carbons (Fsp3) is 0. The van der Waals surface area contributed by atoms with Crippen molar-refractivity contribution in [2.75, 3.05) is 0 Å². The Morgan fingerprint density at radius 2 is 0.769 bits per heavy atom. The van der Waals surface area contributed by atoms with Crippen molar-refractivity contribution in [2.24, 2.45) is 0 Å². The summed E-state index contributed by atoms with van der Waals surface area (Å²) >= 11 is 0. The topological polar surface area (TPSA) is 35.6 Å². The number of aromatic nitrogens is 4. The average Bonchev–Trinajstić information content (AvgIpc) is 3.39. The van der Waals surface area contributed by atoms with Crippen LogP contribution in [-0.4, -0.2) is 34.9 Å². The highest BCUT2D eigenvalue weighted by Crippen LogP contribution is 2.19. The molecule has 0 unspecified atom stereocenters. The van der Waals surface area contributed by atoms with E-state index in [1.807, 2.05) is 72.8 Å². The van der Waals surface area contributed by atoms with Crippen LogP contribution >= 0.6 is 0 Å². The van der Waals surface area contributed by atoms with Crippen molar-refractivity contribution in [1.82, 2.24) is 18.9 Å². The lowest BCUT2D eigenvalue weighted by atomic mass is 10.3. The summed E-state index contributed by atoms with van der Waals surface area (Å²) in [6, 6.07) is 15.7. The molecule has 118 valence electrons. The molecule has 5 heterocycles. The Bertz CT molecular complexity index is 1080. The van der Waals surface area contributed by atoms with Gasteiger partial charge in [0.15, 0.2) is 0 Å². The van der Waals surface area contributed by atoms with Crippen molar-refractivity contribution >= 4 is 62.3 Å². The molecule has 6 heteroatoms. The monoisotopic (exact) mass is 330 g/mol. The number of hydrogen-bond acceptors (Lipinski definition) is 2. The van der Waals surface area contributed by atoms with Crippen LogP contribution in [0.3, 0.4) is 0 Å². The van der Waals surface area contributed by atoms with Gasteiger partial charge in [-0.05, 0) is 72.8 Å². The molecule has 0 N–H and O–H groups in total. The van der Waals surface area contributed by atoms with E-state index < -0.39 is 0 Å². The third-order valence-electron chi connectivity index (χ3n) is 4.51. The van der Waals surface area contributed by atoms with Gasteiger partial charge in [0.25, 0.3) is 0 Å². The Kier molecular flexibility index (Phi) is 3.25. The fourth-order valence-electron chi connectivity index (χ4n) is 3.15. The maximum atomic E-state index is 6.23. The van der Waals surface area contributed by atoms with Gasteiger partial charge < -0.3 is 8.96 Å². The van der Waals surface area contributed by atoms with Crippen LogP contribution in [0.15, 0.2) is 48.5 Å². The van der Waals surface area contributed by atoms with E-state index in [0.717, 1.165) is 44.8 Å². The molecule has 2 aliphatic heterocycles. The first-order valence-corrected chi connectivity index (χ1v) is 8.26. The van der Waals surface area contributed by atoms with Crippen LogP contribution in [0.4, 0.5) is 0 Å². The average molecular weight is 330 g/mol. The van der Waals surface area contributed by atoms with E-state index in [0.29, 0.717) is 0 Å². The molecule has 4 nitrogen and oxygen atoms in total. The maximum absolute atomic E-state index is 6.23. The highest BCUT2D eigenvalue weighted by atomic mass is 14.9. The van der Waals surface area contributed by atoms with Gasteiger partial charge >= 0.3 is 0 Å². The minimum Gasteiger partial charge on any atom is -0.398 e. The molecule has 2 aliphatic rings. The number of rotatable bonds is 0. The Balaban J connectivity index is 1.91. The van der Waals surface area contributed by atoms with Crippen LogP contribution in [0.1, 0.15) is 22.8 Å². The van der Waals surface area contributed by atoms with Crippen LogP contribution in [0, 0.1) is 0 Å². The van der Waals surface area contributed by atoms with E-state index in [4.69, 9.17) is 16.0 Å². The molecule has 0 aliphatic carbocycles. The van der Waals surface area contributed by atoms with Gasteiger partial charge in [0.05, 0.1) is 22.8 Å². The number of fused-ring (bicyclic) bond motifs is 8. The van der Waals surface area contributed by atoms with Gasteiger partial charge in [-0.25, -0.2) is 9.97 Å². The Morgan fingerprint density at radius 3 is 1.04 bits per heavy atom. The van der Waals surface area contributed by atoms with Crippen LogP contribution in [0.5, 0.6) is 0 Å². The molecule has 0 fully saturated rings. The summed E-state index contributed by atoms with van der Waals surface area (Å²) in [5.41, 5.74) is 6.86. The molecule has 0 spiro atoms. The van der Waals surface area contributed by atoms with E-state index in [1.54, 1.807) is 8.96 Å². The van der Waals surface area contributed by atoms with Gasteiger partial charge in [-0.1, -0.05) is 0 Å². The highest BCUT2D eigenvalue weighted by Gasteiger charge is 2.03. The van der Waals surface area contributed by atoms with Gasteiger partial charge in [0.2, 0.25) is 16.0 Å². The molecule has 0 aromatic carbocycles. The second kappa shape index (κ2) is 5.63. The molecule has 4 radical (unpaired) electrons. The normalized spacial score (nSPS) is 12.6. The smallest absolute Gasteiger partial charge is 0.234 e. The zero-order valence-corrected chi connectivity index (χ0v) is 13.9. The van der Waals surface area contributed by atoms with Gasteiger partial charge in [0.1, 0.15) is 0 Å². The molecule has 8 bridgehead atoms. The zero-order chi connectivity index (χ0) is 17.7. The lowest BCUT2D eigenvalue weighted by molar-refractivity contribution is 1.29. The fourth-order valence-corrected chi connectivity index (χ4v) is 3.15. The predicted octanol–water partition coefficient (Wildman–Crippen LogP) is 3.47.